The van der Waals surface area contributed by atoms with Crippen molar-refractivity contribution in [1.82, 2.24) is 0 Å². The van der Waals surface area contributed by atoms with Crippen LogP contribution >= 0.6 is 11.6 Å². The van der Waals surface area contributed by atoms with Gasteiger partial charge >= 0.3 is 5.97 Å². The molecule has 0 unspecified atom stereocenters. The minimum atomic E-state index is -0.865. The van der Waals surface area contributed by atoms with Crippen molar-refractivity contribution in [2.75, 3.05) is 5.32 Å². The SMILES string of the molecule is O=C(O)c1cccc2c1N[C@H](c1cccc(Cl)c1)[C@H]1[C@H]3CC[C@@H](C3)[C@H]21. The molecule has 0 amide bonds. The Labute approximate surface area is 152 Å². The van der Waals surface area contributed by atoms with Crippen LogP contribution in [0.4, 0.5) is 5.69 Å². The fourth-order valence-electron chi connectivity index (χ4n) is 5.72. The predicted octanol–water partition coefficient (Wildman–Crippen LogP) is 5.33. The highest BCUT2D eigenvalue weighted by Crippen LogP contribution is 2.64. The number of nitrogens with one attached hydrogen (secondary N) is 1. The van der Waals surface area contributed by atoms with Gasteiger partial charge in [0.25, 0.3) is 0 Å². The molecule has 5 atom stereocenters. The molecule has 2 saturated carbocycles. The molecule has 2 bridgehead atoms. The average molecular weight is 354 g/mol. The smallest absolute Gasteiger partial charge is 0.337 e. The predicted molar refractivity (Wildman–Crippen MR) is 98.3 cm³/mol. The summed E-state index contributed by atoms with van der Waals surface area (Å²) in [5.41, 5.74) is 3.57. The molecule has 2 aliphatic carbocycles. The Morgan fingerprint density at radius 1 is 1.12 bits per heavy atom. The lowest BCUT2D eigenvalue weighted by Crippen LogP contribution is -2.36. The molecule has 2 aromatic rings. The summed E-state index contributed by atoms with van der Waals surface area (Å²) in [5, 5.41) is 14.0. The summed E-state index contributed by atoms with van der Waals surface area (Å²) >= 11 is 6.25. The Kier molecular flexibility index (Phi) is 3.36. The van der Waals surface area contributed by atoms with E-state index in [0.717, 1.165) is 10.7 Å². The topological polar surface area (TPSA) is 49.3 Å². The fourth-order valence-corrected chi connectivity index (χ4v) is 5.92. The first-order chi connectivity index (χ1) is 12.1. The van der Waals surface area contributed by atoms with Crippen LogP contribution in [0.2, 0.25) is 5.02 Å². The Morgan fingerprint density at radius 3 is 2.72 bits per heavy atom. The van der Waals surface area contributed by atoms with Gasteiger partial charge in [-0.2, -0.15) is 0 Å². The molecule has 25 heavy (non-hydrogen) atoms. The molecule has 3 aliphatic rings. The van der Waals surface area contributed by atoms with Crippen molar-refractivity contribution < 1.29 is 9.90 Å². The second kappa shape index (κ2) is 5.50. The van der Waals surface area contributed by atoms with E-state index in [-0.39, 0.29) is 6.04 Å². The van der Waals surface area contributed by atoms with Gasteiger partial charge in [-0.15, -0.1) is 0 Å². The van der Waals surface area contributed by atoms with Crippen LogP contribution in [0, 0.1) is 17.8 Å². The average Bonchev–Trinajstić information content (AvgIpc) is 3.22. The summed E-state index contributed by atoms with van der Waals surface area (Å²) < 4.78 is 0. The monoisotopic (exact) mass is 353 g/mol. The van der Waals surface area contributed by atoms with E-state index in [1.54, 1.807) is 6.07 Å². The minimum absolute atomic E-state index is 0.131. The van der Waals surface area contributed by atoms with E-state index in [1.165, 1.54) is 30.4 Å². The van der Waals surface area contributed by atoms with E-state index in [2.05, 4.69) is 17.4 Å². The van der Waals surface area contributed by atoms with Crippen molar-refractivity contribution >= 4 is 23.3 Å². The van der Waals surface area contributed by atoms with Crippen LogP contribution in [0.1, 0.15) is 52.7 Å². The molecule has 128 valence electrons. The van der Waals surface area contributed by atoms with Gasteiger partial charge in [0.1, 0.15) is 0 Å². The second-order valence-electron chi connectivity index (χ2n) is 7.69. The van der Waals surface area contributed by atoms with Gasteiger partial charge in [-0.3, -0.25) is 0 Å². The van der Waals surface area contributed by atoms with Gasteiger partial charge < -0.3 is 10.4 Å². The number of halogens is 1. The van der Waals surface area contributed by atoms with Crippen LogP contribution in [0.3, 0.4) is 0 Å². The maximum atomic E-state index is 11.8. The zero-order valence-corrected chi connectivity index (χ0v) is 14.5. The molecule has 2 fully saturated rings. The number of anilines is 1. The van der Waals surface area contributed by atoms with Crippen LogP contribution in [-0.4, -0.2) is 11.1 Å². The summed E-state index contributed by atoms with van der Waals surface area (Å²) in [5.74, 6) is 1.51. The van der Waals surface area contributed by atoms with Crippen molar-refractivity contribution in [3.8, 4) is 0 Å². The van der Waals surface area contributed by atoms with Crippen LogP contribution in [0.5, 0.6) is 0 Å². The lowest BCUT2D eigenvalue weighted by molar-refractivity contribution is 0.0697. The third kappa shape index (κ3) is 2.22. The zero-order chi connectivity index (χ0) is 17.1. The van der Waals surface area contributed by atoms with E-state index >= 15 is 0 Å². The molecular weight excluding hydrogens is 334 g/mol. The van der Waals surface area contributed by atoms with Crippen molar-refractivity contribution in [3.05, 3.63) is 64.2 Å². The Bertz CT molecular complexity index is 865. The van der Waals surface area contributed by atoms with Gasteiger partial charge in [0.05, 0.1) is 17.3 Å². The highest BCUT2D eigenvalue weighted by Gasteiger charge is 2.54. The number of hydrogen-bond acceptors (Lipinski definition) is 2. The largest absolute Gasteiger partial charge is 0.478 e. The molecule has 5 rings (SSSR count). The zero-order valence-electron chi connectivity index (χ0n) is 13.8. The van der Waals surface area contributed by atoms with Crippen LogP contribution in [0.15, 0.2) is 42.5 Å². The van der Waals surface area contributed by atoms with Crippen LogP contribution < -0.4 is 5.32 Å². The normalized spacial score (nSPS) is 32.0. The summed E-state index contributed by atoms with van der Waals surface area (Å²) in [6, 6.07) is 13.9. The molecule has 2 N–H and O–H groups in total. The minimum Gasteiger partial charge on any atom is -0.478 e. The van der Waals surface area contributed by atoms with Gasteiger partial charge in [-0.25, -0.2) is 4.79 Å². The van der Waals surface area contributed by atoms with Gasteiger partial charge in [0, 0.05) is 5.02 Å². The lowest BCUT2D eigenvalue weighted by atomic mass is 9.67. The van der Waals surface area contributed by atoms with Gasteiger partial charge in [-0.1, -0.05) is 35.9 Å². The molecule has 0 spiro atoms. The summed E-state index contributed by atoms with van der Waals surface area (Å²) in [6.45, 7) is 0. The van der Waals surface area contributed by atoms with Gasteiger partial charge in [0.15, 0.2) is 0 Å². The molecule has 3 nitrogen and oxygen atoms in total. The Hall–Kier alpha value is -2.00. The van der Waals surface area contributed by atoms with Gasteiger partial charge in [-0.05, 0) is 72.3 Å². The van der Waals surface area contributed by atoms with Crippen molar-refractivity contribution in [2.45, 2.75) is 31.2 Å². The number of carbonyl (C=O) groups is 1. The van der Waals surface area contributed by atoms with Crippen molar-refractivity contribution in [1.29, 1.82) is 0 Å². The molecular formula is C21H20ClNO2. The molecule has 0 saturated heterocycles. The highest BCUT2D eigenvalue weighted by molar-refractivity contribution is 6.30. The third-order valence-electron chi connectivity index (χ3n) is 6.56. The molecule has 4 heteroatoms. The Balaban J connectivity index is 1.68. The standard InChI is InChI=1S/C21H20ClNO2/c22-14-4-1-3-13(10-14)19-18-12-8-7-11(9-12)17(18)15-5-2-6-16(21(24)25)20(15)23-19/h1-6,10-12,17-19,23H,7-9H2,(H,24,25)/t11-,12-,17+,18-,19+/m0/s1. The van der Waals surface area contributed by atoms with Crippen LogP contribution in [0.25, 0.3) is 0 Å². The number of carboxylic acid groups (broad SMARTS) is 1. The quantitative estimate of drug-likeness (QED) is 0.766. The number of fused-ring (bicyclic) bond motifs is 7. The van der Waals surface area contributed by atoms with E-state index in [4.69, 9.17) is 11.6 Å². The summed E-state index contributed by atoms with van der Waals surface area (Å²) in [7, 11) is 0. The molecule has 1 aliphatic heterocycles. The van der Waals surface area contributed by atoms with Crippen molar-refractivity contribution in [2.24, 2.45) is 17.8 Å². The molecule has 1 heterocycles. The van der Waals surface area contributed by atoms with E-state index in [0.29, 0.717) is 29.2 Å². The Morgan fingerprint density at radius 2 is 1.92 bits per heavy atom. The number of para-hydroxylation sites is 1. The number of carboxylic acids is 1. The van der Waals surface area contributed by atoms with Gasteiger partial charge in [0.2, 0.25) is 0 Å². The van der Waals surface area contributed by atoms with E-state index in [1.807, 2.05) is 24.3 Å². The molecule has 2 aromatic carbocycles. The summed E-state index contributed by atoms with van der Waals surface area (Å²) in [4.78, 5) is 11.8. The number of rotatable bonds is 2. The van der Waals surface area contributed by atoms with E-state index in [9.17, 15) is 9.90 Å². The first-order valence-corrected chi connectivity index (χ1v) is 9.39. The molecule has 0 aromatic heterocycles. The maximum absolute atomic E-state index is 11.8. The fraction of sp³-hybridized carbons (Fsp3) is 0.381. The van der Waals surface area contributed by atoms with E-state index < -0.39 is 5.97 Å². The number of aromatic carboxylic acids is 1. The first kappa shape index (κ1) is 15.3. The third-order valence-corrected chi connectivity index (χ3v) is 6.79. The highest BCUT2D eigenvalue weighted by atomic mass is 35.5. The molecule has 0 radical (unpaired) electrons. The maximum Gasteiger partial charge on any atom is 0.337 e. The second-order valence-corrected chi connectivity index (χ2v) is 8.12. The summed E-state index contributed by atoms with van der Waals surface area (Å²) in [6.07, 6.45) is 3.83. The number of hydrogen-bond donors (Lipinski definition) is 2. The lowest BCUT2D eigenvalue weighted by Gasteiger charge is -2.44. The van der Waals surface area contributed by atoms with Crippen molar-refractivity contribution in [3.63, 3.8) is 0 Å². The van der Waals surface area contributed by atoms with Crippen LogP contribution in [-0.2, 0) is 0 Å². The number of benzene rings is 2. The first-order valence-electron chi connectivity index (χ1n) is 9.01.